The molecule has 0 heterocycles. The summed E-state index contributed by atoms with van der Waals surface area (Å²) in [5.74, 6) is -0.0854. The van der Waals surface area contributed by atoms with Gasteiger partial charge in [-0.15, -0.1) is 5.73 Å². The first kappa shape index (κ1) is 24.0. The average molecular weight is 387 g/mol. The molecule has 0 spiro atoms. The van der Waals surface area contributed by atoms with E-state index in [2.05, 4.69) is 12.7 Å². The van der Waals surface area contributed by atoms with Crippen LogP contribution in [0.2, 0.25) is 0 Å². The van der Waals surface area contributed by atoms with Crippen LogP contribution in [-0.2, 0) is 4.79 Å². The van der Waals surface area contributed by atoms with Gasteiger partial charge in [0, 0.05) is 0 Å². The second-order valence-corrected chi connectivity index (χ2v) is 7.53. The van der Waals surface area contributed by atoms with E-state index < -0.39 is 5.97 Å². The minimum atomic E-state index is -0.946. The van der Waals surface area contributed by atoms with E-state index in [9.17, 15) is 4.79 Å². The van der Waals surface area contributed by atoms with E-state index in [1.54, 1.807) is 6.08 Å². The van der Waals surface area contributed by atoms with Crippen molar-refractivity contribution in [1.82, 2.24) is 0 Å². The van der Waals surface area contributed by atoms with E-state index >= 15 is 0 Å². The van der Waals surface area contributed by atoms with Crippen molar-refractivity contribution in [2.45, 2.75) is 90.9 Å². The van der Waals surface area contributed by atoms with Crippen LogP contribution in [-0.4, -0.2) is 17.7 Å². The molecule has 0 aromatic heterocycles. The zero-order valence-corrected chi connectivity index (χ0v) is 17.8. The number of rotatable bonds is 16. The van der Waals surface area contributed by atoms with Crippen molar-refractivity contribution >= 4 is 12.0 Å². The highest BCUT2D eigenvalue weighted by Crippen LogP contribution is 2.15. The van der Waals surface area contributed by atoms with Crippen LogP contribution < -0.4 is 4.74 Å². The van der Waals surface area contributed by atoms with Gasteiger partial charge in [0.05, 0.1) is 12.2 Å². The number of hydrogen-bond donors (Lipinski definition) is 1. The Balaban J connectivity index is 2.03. The van der Waals surface area contributed by atoms with Gasteiger partial charge in [-0.05, 0) is 37.1 Å². The Bertz CT molecular complexity index is 595. The second kappa shape index (κ2) is 16.0. The molecule has 3 nitrogen and oxygen atoms in total. The number of benzene rings is 1. The van der Waals surface area contributed by atoms with Crippen molar-refractivity contribution in [3.05, 3.63) is 41.1 Å². The summed E-state index contributed by atoms with van der Waals surface area (Å²) >= 11 is 0. The lowest BCUT2D eigenvalue weighted by Crippen LogP contribution is -1.97. The SMILES string of the molecule is CCCCCCCCCCCCCCOc1ccc(C=C=C(C)C(=O)O)cc1. The summed E-state index contributed by atoms with van der Waals surface area (Å²) in [6.45, 7) is 4.56. The number of unbranched alkanes of at least 4 members (excludes halogenated alkanes) is 11. The third-order valence-electron chi connectivity index (χ3n) is 4.92. The molecule has 0 radical (unpaired) electrons. The Morgan fingerprint density at radius 1 is 0.893 bits per heavy atom. The summed E-state index contributed by atoms with van der Waals surface area (Å²) in [7, 11) is 0. The molecule has 0 atom stereocenters. The third kappa shape index (κ3) is 12.4. The van der Waals surface area contributed by atoms with Crippen LogP contribution in [0.3, 0.4) is 0 Å². The number of hydrogen-bond acceptors (Lipinski definition) is 2. The fraction of sp³-hybridized carbons (Fsp3) is 0.600. The predicted molar refractivity (Wildman–Crippen MR) is 118 cm³/mol. The van der Waals surface area contributed by atoms with Gasteiger partial charge in [0.25, 0.3) is 0 Å². The maximum Gasteiger partial charge on any atom is 0.339 e. The lowest BCUT2D eigenvalue weighted by Gasteiger charge is -2.06. The number of carboxylic acid groups (broad SMARTS) is 1. The number of aliphatic carboxylic acids is 1. The molecule has 0 fully saturated rings. The van der Waals surface area contributed by atoms with Crippen LogP contribution in [0.25, 0.3) is 6.08 Å². The van der Waals surface area contributed by atoms with Crippen LogP contribution in [0.4, 0.5) is 0 Å². The lowest BCUT2D eigenvalue weighted by molar-refractivity contribution is -0.132. The molecule has 0 saturated heterocycles. The van der Waals surface area contributed by atoms with Gasteiger partial charge in [-0.2, -0.15) is 0 Å². The minimum Gasteiger partial charge on any atom is -0.494 e. The van der Waals surface area contributed by atoms with Gasteiger partial charge >= 0.3 is 5.97 Å². The fourth-order valence-corrected chi connectivity index (χ4v) is 3.05. The van der Waals surface area contributed by atoms with Crippen LogP contribution in [0.1, 0.15) is 96.5 Å². The molecule has 28 heavy (non-hydrogen) atoms. The van der Waals surface area contributed by atoms with E-state index in [4.69, 9.17) is 9.84 Å². The van der Waals surface area contributed by atoms with Crippen molar-refractivity contribution in [1.29, 1.82) is 0 Å². The fourth-order valence-electron chi connectivity index (χ4n) is 3.05. The van der Waals surface area contributed by atoms with Crippen molar-refractivity contribution in [3.63, 3.8) is 0 Å². The predicted octanol–water partition coefficient (Wildman–Crippen LogP) is 7.41. The van der Waals surface area contributed by atoms with E-state index in [1.807, 2.05) is 24.3 Å². The molecule has 0 bridgehead atoms. The quantitative estimate of drug-likeness (QED) is 0.183. The molecule has 0 aliphatic carbocycles. The average Bonchev–Trinajstić information content (AvgIpc) is 2.70. The maximum atomic E-state index is 10.7. The van der Waals surface area contributed by atoms with Crippen molar-refractivity contribution in [2.24, 2.45) is 0 Å². The monoisotopic (exact) mass is 386 g/mol. The van der Waals surface area contributed by atoms with Gasteiger partial charge in [-0.25, -0.2) is 4.79 Å². The smallest absolute Gasteiger partial charge is 0.339 e. The molecule has 0 aliphatic heterocycles. The second-order valence-electron chi connectivity index (χ2n) is 7.53. The third-order valence-corrected chi connectivity index (χ3v) is 4.92. The molecule has 156 valence electrons. The molecule has 3 heteroatoms. The summed E-state index contributed by atoms with van der Waals surface area (Å²) in [4.78, 5) is 10.7. The van der Waals surface area contributed by atoms with E-state index in [1.165, 1.54) is 77.6 Å². The molecule has 1 rings (SSSR count). The van der Waals surface area contributed by atoms with E-state index in [0.717, 1.165) is 24.3 Å². The van der Waals surface area contributed by atoms with Crippen LogP contribution in [0, 0.1) is 0 Å². The Labute approximate surface area is 171 Å². The van der Waals surface area contributed by atoms with Crippen LogP contribution in [0.5, 0.6) is 5.75 Å². The molecule has 0 unspecified atom stereocenters. The Morgan fingerprint density at radius 2 is 1.39 bits per heavy atom. The standard InChI is InChI=1S/C25H38O3/c1-3-4-5-6-7-8-9-10-11-12-13-14-21-28-24-19-17-23(18-20-24)16-15-22(2)25(26)27/h16-20H,3-14,21H2,1-2H3,(H,26,27). The van der Waals surface area contributed by atoms with Crippen molar-refractivity contribution < 1.29 is 14.6 Å². The first-order valence-corrected chi connectivity index (χ1v) is 11.0. The zero-order valence-electron chi connectivity index (χ0n) is 17.8. The topological polar surface area (TPSA) is 46.5 Å². The largest absolute Gasteiger partial charge is 0.494 e. The molecule has 1 aromatic carbocycles. The lowest BCUT2D eigenvalue weighted by atomic mass is 10.1. The summed E-state index contributed by atoms with van der Waals surface area (Å²) in [6.07, 6.45) is 17.8. The molecule has 1 N–H and O–H groups in total. The molecular formula is C25H38O3. The highest BCUT2D eigenvalue weighted by atomic mass is 16.5. The van der Waals surface area contributed by atoms with Gasteiger partial charge in [-0.3, -0.25) is 0 Å². The van der Waals surface area contributed by atoms with Gasteiger partial charge in [0.15, 0.2) is 0 Å². The molecule has 0 aliphatic rings. The Hall–Kier alpha value is -1.99. The van der Waals surface area contributed by atoms with Gasteiger partial charge in [0.2, 0.25) is 0 Å². The number of ether oxygens (including phenoxy) is 1. The Morgan fingerprint density at radius 3 is 1.89 bits per heavy atom. The highest BCUT2D eigenvalue weighted by Gasteiger charge is 1.98. The van der Waals surface area contributed by atoms with E-state index in [0.29, 0.717) is 0 Å². The summed E-state index contributed by atoms with van der Waals surface area (Å²) in [6, 6.07) is 7.67. The van der Waals surface area contributed by atoms with Crippen molar-refractivity contribution in [2.75, 3.05) is 6.61 Å². The van der Waals surface area contributed by atoms with Gasteiger partial charge in [-0.1, -0.05) is 89.7 Å². The number of carboxylic acids is 1. The normalized spacial score (nSPS) is 10.4. The minimum absolute atomic E-state index is 0.201. The molecule has 0 amide bonds. The highest BCUT2D eigenvalue weighted by molar-refractivity contribution is 5.86. The molecular weight excluding hydrogens is 348 g/mol. The molecule has 0 saturated carbocycles. The first-order chi connectivity index (χ1) is 13.6. The number of carbonyl (C=O) groups is 1. The molecule has 1 aromatic rings. The van der Waals surface area contributed by atoms with Crippen molar-refractivity contribution in [3.8, 4) is 5.75 Å². The Kier molecular flexibility index (Phi) is 13.7. The summed E-state index contributed by atoms with van der Waals surface area (Å²) in [5, 5.41) is 8.81. The summed E-state index contributed by atoms with van der Waals surface area (Å²) < 4.78 is 5.78. The zero-order chi connectivity index (χ0) is 20.5. The van der Waals surface area contributed by atoms with Crippen LogP contribution >= 0.6 is 0 Å². The van der Waals surface area contributed by atoms with Gasteiger partial charge < -0.3 is 9.84 Å². The summed E-state index contributed by atoms with van der Waals surface area (Å²) in [5.41, 5.74) is 3.88. The maximum absolute atomic E-state index is 10.7. The van der Waals surface area contributed by atoms with Crippen LogP contribution in [0.15, 0.2) is 35.6 Å². The van der Waals surface area contributed by atoms with E-state index in [-0.39, 0.29) is 5.57 Å². The first-order valence-electron chi connectivity index (χ1n) is 11.0. The van der Waals surface area contributed by atoms with Gasteiger partial charge in [0.1, 0.15) is 5.75 Å².